The third-order valence-corrected chi connectivity index (χ3v) is 2.50. The normalized spacial score (nSPS) is 19.5. The number of benzene rings is 1. The van der Waals surface area contributed by atoms with Crippen molar-refractivity contribution in [1.82, 2.24) is 0 Å². The quantitative estimate of drug-likeness (QED) is 0.805. The SMILES string of the molecule is CC1Cc2cc(OS(N)(=O)=O)ccc2O1. The standard InChI is InChI=1S/C9H11NO4S/c1-6-4-7-5-8(14-15(10,11)12)2-3-9(7)13-6/h2-3,5-6H,4H2,1H3,(H2,10,11,12). The van der Waals surface area contributed by atoms with Crippen LogP contribution in [-0.2, 0) is 16.7 Å². The first-order valence-electron chi connectivity index (χ1n) is 4.46. The Morgan fingerprint density at radius 3 is 2.93 bits per heavy atom. The van der Waals surface area contributed by atoms with Crippen LogP contribution in [-0.4, -0.2) is 14.5 Å². The molecule has 0 saturated carbocycles. The number of ether oxygens (including phenoxy) is 1. The molecule has 82 valence electrons. The molecule has 2 rings (SSSR count). The van der Waals surface area contributed by atoms with E-state index in [-0.39, 0.29) is 11.9 Å². The zero-order chi connectivity index (χ0) is 11.1. The topological polar surface area (TPSA) is 78.6 Å². The first-order valence-corrected chi connectivity index (χ1v) is 5.93. The highest BCUT2D eigenvalue weighted by Crippen LogP contribution is 2.31. The van der Waals surface area contributed by atoms with Crippen LogP contribution in [0.1, 0.15) is 12.5 Å². The summed E-state index contributed by atoms with van der Waals surface area (Å²) in [5.74, 6) is 0.984. The van der Waals surface area contributed by atoms with Crippen LogP contribution in [0.2, 0.25) is 0 Å². The third kappa shape index (κ3) is 2.40. The summed E-state index contributed by atoms with van der Waals surface area (Å²) >= 11 is 0. The molecule has 2 N–H and O–H groups in total. The second-order valence-electron chi connectivity index (χ2n) is 3.48. The predicted molar refractivity (Wildman–Crippen MR) is 54.0 cm³/mol. The minimum atomic E-state index is -3.95. The van der Waals surface area contributed by atoms with Crippen LogP contribution in [0.25, 0.3) is 0 Å². The molecule has 1 aliphatic heterocycles. The van der Waals surface area contributed by atoms with E-state index in [4.69, 9.17) is 9.88 Å². The van der Waals surface area contributed by atoms with Crippen LogP contribution in [0.15, 0.2) is 18.2 Å². The van der Waals surface area contributed by atoms with E-state index in [9.17, 15) is 8.42 Å². The second-order valence-corrected chi connectivity index (χ2v) is 4.63. The maximum atomic E-state index is 10.7. The van der Waals surface area contributed by atoms with Crippen molar-refractivity contribution in [3.05, 3.63) is 23.8 Å². The predicted octanol–water partition coefficient (Wildman–Crippen LogP) is 0.592. The van der Waals surface area contributed by atoms with Gasteiger partial charge in [-0.05, 0) is 25.1 Å². The average molecular weight is 229 g/mol. The van der Waals surface area contributed by atoms with E-state index in [1.807, 2.05) is 6.92 Å². The largest absolute Gasteiger partial charge is 0.490 e. The van der Waals surface area contributed by atoms with Gasteiger partial charge < -0.3 is 8.92 Å². The summed E-state index contributed by atoms with van der Waals surface area (Å²) in [5.41, 5.74) is 0.934. The molecule has 0 fully saturated rings. The highest BCUT2D eigenvalue weighted by Gasteiger charge is 2.19. The lowest BCUT2D eigenvalue weighted by Crippen LogP contribution is -2.18. The lowest BCUT2D eigenvalue weighted by molar-refractivity contribution is 0.254. The number of fused-ring (bicyclic) bond motifs is 1. The molecule has 1 atom stereocenters. The highest BCUT2D eigenvalue weighted by molar-refractivity contribution is 7.84. The van der Waals surface area contributed by atoms with Crippen molar-refractivity contribution in [2.45, 2.75) is 19.4 Å². The fraction of sp³-hybridized carbons (Fsp3) is 0.333. The summed E-state index contributed by atoms with van der Waals surface area (Å²) in [5, 5.41) is 4.76. The van der Waals surface area contributed by atoms with E-state index in [1.54, 1.807) is 12.1 Å². The van der Waals surface area contributed by atoms with Crippen LogP contribution in [0.3, 0.4) is 0 Å². The molecule has 1 aromatic carbocycles. The van der Waals surface area contributed by atoms with Gasteiger partial charge in [-0.25, -0.2) is 0 Å². The Labute approximate surface area is 88.1 Å². The number of hydrogen-bond acceptors (Lipinski definition) is 4. The van der Waals surface area contributed by atoms with Crippen molar-refractivity contribution in [3.8, 4) is 11.5 Å². The summed E-state index contributed by atoms with van der Waals surface area (Å²) < 4.78 is 31.4. The Hall–Kier alpha value is -1.27. The van der Waals surface area contributed by atoms with Crippen molar-refractivity contribution >= 4 is 10.3 Å². The van der Waals surface area contributed by atoms with Crippen LogP contribution in [0, 0.1) is 0 Å². The Balaban J connectivity index is 2.28. The molecule has 0 amide bonds. The molecular formula is C9H11NO4S. The molecule has 0 spiro atoms. The summed E-state index contributed by atoms with van der Waals surface area (Å²) in [7, 11) is -3.95. The van der Waals surface area contributed by atoms with E-state index in [0.717, 1.165) is 17.7 Å². The van der Waals surface area contributed by atoms with E-state index < -0.39 is 10.3 Å². The fourth-order valence-electron chi connectivity index (χ4n) is 1.58. The number of hydrogen-bond donors (Lipinski definition) is 1. The molecule has 15 heavy (non-hydrogen) atoms. The van der Waals surface area contributed by atoms with Gasteiger partial charge in [0.25, 0.3) is 0 Å². The first-order chi connectivity index (χ1) is 6.94. The number of rotatable bonds is 2. The molecule has 0 radical (unpaired) electrons. The molecule has 1 aromatic rings. The molecule has 5 nitrogen and oxygen atoms in total. The maximum absolute atomic E-state index is 10.7. The Morgan fingerprint density at radius 1 is 1.53 bits per heavy atom. The van der Waals surface area contributed by atoms with E-state index >= 15 is 0 Å². The summed E-state index contributed by atoms with van der Waals surface area (Å²) in [6.07, 6.45) is 0.863. The van der Waals surface area contributed by atoms with Crippen LogP contribution in [0.5, 0.6) is 11.5 Å². The van der Waals surface area contributed by atoms with Crippen molar-refractivity contribution in [3.63, 3.8) is 0 Å². The zero-order valence-electron chi connectivity index (χ0n) is 8.14. The van der Waals surface area contributed by atoms with E-state index in [0.29, 0.717) is 0 Å². The van der Waals surface area contributed by atoms with Gasteiger partial charge in [0.1, 0.15) is 17.6 Å². The lowest BCUT2D eigenvalue weighted by atomic mass is 10.1. The summed E-state index contributed by atoms with van der Waals surface area (Å²) in [4.78, 5) is 0. The molecule has 0 aliphatic carbocycles. The van der Waals surface area contributed by atoms with E-state index in [1.165, 1.54) is 6.07 Å². The molecule has 0 bridgehead atoms. The second kappa shape index (κ2) is 3.39. The molecular weight excluding hydrogens is 218 g/mol. The van der Waals surface area contributed by atoms with Crippen LogP contribution >= 0.6 is 0 Å². The molecule has 0 aromatic heterocycles. The van der Waals surface area contributed by atoms with Gasteiger partial charge in [-0.1, -0.05) is 0 Å². The van der Waals surface area contributed by atoms with Gasteiger partial charge in [0.15, 0.2) is 0 Å². The van der Waals surface area contributed by atoms with Crippen molar-refractivity contribution in [1.29, 1.82) is 0 Å². The van der Waals surface area contributed by atoms with Crippen molar-refractivity contribution in [2.24, 2.45) is 5.14 Å². The molecule has 0 saturated heterocycles. The maximum Gasteiger partial charge on any atom is 0.380 e. The zero-order valence-corrected chi connectivity index (χ0v) is 8.95. The van der Waals surface area contributed by atoms with Gasteiger partial charge in [0.2, 0.25) is 0 Å². The Bertz CT molecular complexity index is 483. The van der Waals surface area contributed by atoms with Gasteiger partial charge in [0.05, 0.1) is 0 Å². The fourth-order valence-corrected chi connectivity index (χ4v) is 1.96. The molecule has 1 aliphatic rings. The molecule has 6 heteroatoms. The number of nitrogens with two attached hydrogens (primary N) is 1. The highest BCUT2D eigenvalue weighted by atomic mass is 32.2. The van der Waals surface area contributed by atoms with Gasteiger partial charge in [-0.15, -0.1) is 0 Å². The van der Waals surface area contributed by atoms with Gasteiger partial charge in [-0.2, -0.15) is 13.6 Å². The van der Waals surface area contributed by atoms with Gasteiger partial charge >= 0.3 is 10.3 Å². The Morgan fingerprint density at radius 2 is 2.27 bits per heavy atom. The average Bonchev–Trinajstić information content (AvgIpc) is 2.40. The van der Waals surface area contributed by atoms with Gasteiger partial charge in [0, 0.05) is 12.0 Å². The van der Waals surface area contributed by atoms with Crippen molar-refractivity contribution < 1.29 is 17.3 Å². The Kier molecular flexibility index (Phi) is 2.32. The lowest BCUT2D eigenvalue weighted by Gasteiger charge is -2.04. The minimum absolute atomic E-state index is 0.115. The first kappa shape index (κ1) is 10.3. The molecule has 1 heterocycles. The summed E-state index contributed by atoms with van der Waals surface area (Å²) in [6.45, 7) is 1.94. The molecule has 1 unspecified atom stereocenters. The minimum Gasteiger partial charge on any atom is -0.490 e. The van der Waals surface area contributed by atoms with E-state index in [2.05, 4.69) is 4.18 Å². The van der Waals surface area contributed by atoms with Gasteiger partial charge in [-0.3, -0.25) is 0 Å². The summed E-state index contributed by atoms with van der Waals surface area (Å²) in [6, 6.07) is 4.82. The smallest absolute Gasteiger partial charge is 0.380 e. The van der Waals surface area contributed by atoms with Crippen LogP contribution < -0.4 is 14.1 Å². The third-order valence-electron chi connectivity index (χ3n) is 2.08. The monoisotopic (exact) mass is 229 g/mol. The van der Waals surface area contributed by atoms with Crippen molar-refractivity contribution in [2.75, 3.05) is 0 Å². The van der Waals surface area contributed by atoms with Crippen LogP contribution in [0.4, 0.5) is 0 Å².